The molecule has 5 nitrogen and oxygen atoms in total. The lowest BCUT2D eigenvalue weighted by atomic mass is 9.99. The Balaban J connectivity index is 1.41. The average Bonchev–Trinajstić information content (AvgIpc) is 2.90. The van der Waals surface area contributed by atoms with Crippen LogP contribution in [0.3, 0.4) is 0 Å². The first-order chi connectivity index (χ1) is 16.7. The van der Waals surface area contributed by atoms with E-state index in [0.29, 0.717) is 28.7 Å². The third kappa shape index (κ3) is 4.50. The van der Waals surface area contributed by atoms with Gasteiger partial charge in [-0.3, -0.25) is 4.79 Å². The van der Waals surface area contributed by atoms with Gasteiger partial charge in [0.05, 0.1) is 16.8 Å². The Hall–Kier alpha value is -4.51. The van der Waals surface area contributed by atoms with Crippen molar-refractivity contribution in [3.63, 3.8) is 0 Å². The summed E-state index contributed by atoms with van der Waals surface area (Å²) in [6, 6.07) is 32.8. The highest BCUT2D eigenvalue weighted by molar-refractivity contribution is 6.06. The van der Waals surface area contributed by atoms with Gasteiger partial charge < -0.3 is 10.1 Å². The molecule has 0 radical (unpaired) electrons. The van der Waals surface area contributed by atoms with Gasteiger partial charge in [0.15, 0.2) is 6.61 Å². The van der Waals surface area contributed by atoms with E-state index < -0.39 is 5.97 Å². The fourth-order valence-corrected chi connectivity index (χ4v) is 3.99. The number of para-hydroxylation sites is 1. The normalized spacial score (nSPS) is 10.8. The predicted octanol–water partition coefficient (Wildman–Crippen LogP) is 5.53. The molecule has 0 atom stereocenters. The van der Waals surface area contributed by atoms with E-state index >= 15 is 0 Å². The smallest absolute Gasteiger partial charge is 0.339 e. The standard InChI is InChI=1S/C29H22N2O3/c32-28(30-18-20-9-2-1-3-10-20)19-34-29(33)25-17-27(31-26-16-7-6-14-24(25)26)23-15-8-12-21-11-4-5-13-22(21)23/h1-17H,18-19H2,(H,30,32). The number of hydrogen-bond donors (Lipinski definition) is 1. The summed E-state index contributed by atoms with van der Waals surface area (Å²) in [5.41, 5.74) is 3.65. The molecule has 1 heterocycles. The van der Waals surface area contributed by atoms with Crippen LogP contribution in [0.4, 0.5) is 0 Å². The summed E-state index contributed by atoms with van der Waals surface area (Å²) in [5.74, 6) is -0.917. The zero-order chi connectivity index (χ0) is 23.3. The largest absolute Gasteiger partial charge is 0.452 e. The molecule has 0 bridgehead atoms. The van der Waals surface area contributed by atoms with Crippen LogP contribution in [0.2, 0.25) is 0 Å². The van der Waals surface area contributed by atoms with Gasteiger partial charge in [-0.25, -0.2) is 9.78 Å². The molecule has 166 valence electrons. The minimum Gasteiger partial charge on any atom is -0.452 e. The van der Waals surface area contributed by atoms with Crippen LogP contribution in [0, 0.1) is 0 Å². The summed E-state index contributed by atoms with van der Waals surface area (Å²) in [7, 11) is 0. The van der Waals surface area contributed by atoms with Crippen LogP contribution >= 0.6 is 0 Å². The van der Waals surface area contributed by atoms with E-state index in [1.807, 2.05) is 97.1 Å². The number of fused-ring (bicyclic) bond motifs is 2. The number of nitrogens with zero attached hydrogens (tertiary/aromatic N) is 1. The molecular formula is C29H22N2O3. The van der Waals surface area contributed by atoms with Crippen molar-refractivity contribution in [1.82, 2.24) is 10.3 Å². The first-order valence-corrected chi connectivity index (χ1v) is 11.0. The number of rotatable bonds is 6. The van der Waals surface area contributed by atoms with E-state index in [-0.39, 0.29) is 12.5 Å². The number of ether oxygens (including phenoxy) is 1. The van der Waals surface area contributed by atoms with E-state index in [4.69, 9.17) is 9.72 Å². The van der Waals surface area contributed by atoms with Crippen molar-refractivity contribution in [2.75, 3.05) is 6.61 Å². The number of pyridine rings is 1. The lowest BCUT2D eigenvalue weighted by molar-refractivity contribution is -0.124. The first kappa shape index (κ1) is 21.3. The lowest BCUT2D eigenvalue weighted by Gasteiger charge is -2.12. The van der Waals surface area contributed by atoms with Gasteiger partial charge in [0.2, 0.25) is 0 Å². The molecule has 0 unspecified atom stereocenters. The van der Waals surface area contributed by atoms with Gasteiger partial charge in [-0.05, 0) is 28.5 Å². The van der Waals surface area contributed by atoms with Gasteiger partial charge in [-0.2, -0.15) is 0 Å². The second kappa shape index (κ2) is 9.55. The van der Waals surface area contributed by atoms with E-state index in [0.717, 1.165) is 21.9 Å². The summed E-state index contributed by atoms with van der Waals surface area (Å²) in [4.78, 5) is 30.1. The Morgan fingerprint density at radius 2 is 1.47 bits per heavy atom. The van der Waals surface area contributed by atoms with Gasteiger partial charge in [0, 0.05) is 17.5 Å². The van der Waals surface area contributed by atoms with Crippen molar-refractivity contribution in [3.8, 4) is 11.3 Å². The highest BCUT2D eigenvalue weighted by Crippen LogP contribution is 2.30. The SMILES string of the molecule is O=C(COC(=O)c1cc(-c2cccc3ccccc23)nc2ccccc12)NCc1ccccc1. The number of hydrogen-bond acceptors (Lipinski definition) is 4. The molecule has 5 heteroatoms. The Morgan fingerprint density at radius 1 is 0.765 bits per heavy atom. The molecule has 1 amide bonds. The third-order valence-electron chi connectivity index (χ3n) is 5.67. The summed E-state index contributed by atoms with van der Waals surface area (Å²) in [5, 5.41) is 5.59. The van der Waals surface area contributed by atoms with E-state index in [1.165, 1.54) is 0 Å². The molecule has 5 rings (SSSR count). The molecule has 1 aromatic heterocycles. The van der Waals surface area contributed by atoms with Crippen LogP contribution in [-0.2, 0) is 16.1 Å². The second-order valence-corrected chi connectivity index (χ2v) is 7.94. The Morgan fingerprint density at radius 3 is 2.32 bits per heavy atom. The van der Waals surface area contributed by atoms with Crippen LogP contribution in [0.5, 0.6) is 0 Å². The van der Waals surface area contributed by atoms with E-state index in [2.05, 4.69) is 5.32 Å². The molecule has 34 heavy (non-hydrogen) atoms. The molecule has 5 aromatic rings. The monoisotopic (exact) mass is 446 g/mol. The van der Waals surface area contributed by atoms with Crippen LogP contribution in [-0.4, -0.2) is 23.5 Å². The minimum atomic E-state index is -0.560. The van der Waals surface area contributed by atoms with Gasteiger partial charge in [0.1, 0.15) is 0 Å². The fraction of sp³-hybridized carbons (Fsp3) is 0.0690. The topological polar surface area (TPSA) is 68.3 Å². The molecule has 0 aliphatic heterocycles. The highest BCUT2D eigenvalue weighted by Gasteiger charge is 2.17. The summed E-state index contributed by atoms with van der Waals surface area (Å²) in [6.45, 7) is 0.0204. The second-order valence-electron chi connectivity index (χ2n) is 7.94. The van der Waals surface area contributed by atoms with E-state index in [1.54, 1.807) is 6.07 Å². The van der Waals surface area contributed by atoms with Crippen molar-refractivity contribution in [1.29, 1.82) is 0 Å². The Bertz CT molecular complexity index is 1490. The van der Waals surface area contributed by atoms with Gasteiger partial charge in [-0.15, -0.1) is 0 Å². The highest BCUT2D eigenvalue weighted by atomic mass is 16.5. The zero-order valence-electron chi connectivity index (χ0n) is 18.4. The molecule has 0 spiro atoms. The molecular weight excluding hydrogens is 424 g/mol. The summed E-state index contributed by atoms with van der Waals surface area (Å²) in [6.07, 6.45) is 0. The van der Waals surface area contributed by atoms with Crippen molar-refractivity contribution in [3.05, 3.63) is 114 Å². The molecule has 1 N–H and O–H groups in total. The van der Waals surface area contributed by atoms with Crippen LogP contribution in [0.1, 0.15) is 15.9 Å². The maximum Gasteiger partial charge on any atom is 0.339 e. The van der Waals surface area contributed by atoms with Crippen molar-refractivity contribution in [2.24, 2.45) is 0 Å². The van der Waals surface area contributed by atoms with Crippen molar-refractivity contribution < 1.29 is 14.3 Å². The Labute approximate surface area is 197 Å². The molecule has 0 fully saturated rings. The average molecular weight is 447 g/mol. The van der Waals surface area contributed by atoms with Gasteiger partial charge in [0.25, 0.3) is 5.91 Å². The molecule has 0 aliphatic carbocycles. The molecule has 0 saturated carbocycles. The third-order valence-corrected chi connectivity index (χ3v) is 5.67. The minimum absolute atomic E-state index is 0.355. The number of aromatic nitrogens is 1. The van der Waals surface area contributed by atoms with Gasteiger partial charge >= 0.3 is 5.97 Å². The zero-order valence-corrected chi connectivity index (χ0v) is 18.4. The number of benzene rings is 4. The van der Waals surface area contributed by atoms with Crippen LogP contribution in [0.15, 0.2) is 103 Å². The summed E-state index contributed by atoms with van der Waals surface area (Å²) < 4.78 is 5.39. The number of carbonyl (C=O) groups excluding carboxylic acids is 2. The number of amides is 1. The summed E-state index contributed by atoms with van der Waals surface area (Å²) >= 11 is 0. The molecule has 0 aliphatic rings. The van der Waals surface area contributed by atoms with Crippen molar-refractivity contribution in [2.45, 2.75) is 6.54 Å². The quantitative estimate of drug-likeness (QED) is 0.348. The van der Waals surface area contributed by atoms with Crippen molar-refractivity contribution >= 4 is 33.6 Å². The lowest BCUT2D eigenvalue weighted by Crippen LogP contribution is -2.28. The van der Waals surface area contributed by atoms with E-state index in [9.17, 15) is 9.59 Å². The number of carbonyl (C=O) groups is 2. The molecule has 4 aromatic carbocycles. The number of nitrogens with one attached hydrogen (secondary N) is 1. The fourth-order valence-electron chi connectivity index (χ4n) is 3.99. The van der Waals surface area contributed by atoms with Gasteiger partial charge in [-0.1, -0.05) is 91.0 Å². The maximum absolute atomic E-state index is 13.1. The van der Waals surface area contributed by atoms with Crippen LogP contribution < -0.4 is 5.32 Å². The van der Waals surface area contributed by atoms with Crippen LogP contribution in [0.25, 0.3) is 32.9 Å². The first-order valence-electron chi connectivity index (χ1n) is 11.0. The number of esters is 1. The molecule has 0 saturated heterocycles. The maximum atomic E-state index is 13.1. The predicted molar refractivity (Wildman–Crippen MR) is 133 cm³/mol. The Kier molecular flexibility index (Phi) is 5.99.